The third kappa shape index (κ3) is 3.88. The highest BCUT2D eigenvalue weighted by molar-refractivity contribution is 5.92. The maximum atomic E-state index is 4.78. The van der Waals surface area contributed by atoms with Crippen LogP contribution in [-0.4, -0.2) is 23.1 Å². The first-order valence-corrected chi connectivity index (χ1v) is 10.3. The zero-order valence-electron chi connectivity index (χ0n) is 17.3. The molecule has 4 nitrogen and oxygen atoms in total. The fraction of sp³-hybridized carbons (Fsp3) is 0.417. The first-order chi connectivity index (χ1) is 13.5. The summed E-state index contributed by atoms with van der Waals surface area (Å²) in [5.41, 5.74) is 6.27. The number of fused-ring (bicyclic) bond motifs is 1. The summed E-state index contributed by atoms with van der Waals surface area (Å²) in [5, 5.41) is 8.27. The van der Waals surface area contributed by atoms with Gasteiger partial charge in [0, 0.05) is 11.4 Å². The average molecular weight is 375 g/mol. The molecule has 0 amide bonds. The van der Waals surface area contributed by atoms with Gasteiger partial charge in [-0.2, -0.15) is 0 Å². The topological polar surface area (TPSA) is 49.8 Å². The number of piperidine rings is 1. The van der Waals surface area contributed by atoms with Gasteiger partial charge in [0.15, 0.2) is 0 Å². The highest BCUT2D eigenvalue weighted by atomic mass is 15.0. The Morgan fingerprint density at radius 1 is 1.04 bits per heavy atom. The molecule has 0 unspecified atom stereocenters. The van der Waals surface area contributed by atoms with Crippen LogP contribution in [0, 0.1) is 20.8 Å². The summed E-state index contributed by atoms with van der Waals surface area (Å²) in [6, 6.07) is 13.5. The van der Waals surface area contributed by atoms with Gasteiger partial charge in [-0.15, -0.1) is 0 Å². The van der Waals surface area contributed by atoms with Crippen molar-refractivity contribution < 1.29 is 0 Å². The second-order valence-corrected chi connectivity index (χ2v) is 8.16. The first-order valence-electron chi connectivity index (χ1n) is 10.3. The predicted octanol–water partition coefficient (Wildman–Crippen LogP) is 5.20. The molecular formula is C24H30N4. The minimum atomic E-state index is 0.181. The van der Waals surface area contributed by atoms with Crippen molar-refractivity contribution in [1.82, 2.24) is 15.3 Å². The van der Waals surface area contributed by atoms with Crippen molar-refractivity contribution in [3.8, 4) is 0 Å². The van der Waals surface area contributed by atoms with Crippen LogP contribution in [0.3, 0.4) is 0 Å². The van der Waals surface area contributed by atoms with Crippen LogP contribution in [0.15, 0.2) is 36.4 Å². The zero-order valence-corrected chi connectivity index (χ0v) is 17.3. The Morgan fingerprint density at radius 2 is 1.82 bits per heavy atom. The molecule has 146 valence electrons. The van der Waals surface area contributed by atoms with E-state index in [0.717, 1.165) is 35.6 Å². The maximum absolute atomic E-state index is 4.78. The van der Waals surface area contributed by atoms with E-state index in [1.165, 1.54) is 35.1 Å². The Labute approximate surface area is 167 Å². The number of benzene rings is 2. The second-order valence-electron chi connectivity index (χ2n) is 8.16. The lowest BCUT2D eigenvalue weighted by Gasteiger charge is -2.24. The lowest BCUT2D eigenvalue weighted by Crippen LogP contribution is -2.26. The molecule has 0 aliphatic carbocycles. The van der Waals surface area contributed by atoms with Crippen molar-refractivity contribution >= 4 is 16.7 Å². The molecule has 1 fully saturated rings. The van der Waals surface area contributed by atoms with E-state index in [1.54, 1.807) is 0 Å². The van der Waals surface area contributed by atoms with Crippen LogP contribution < -0.4 is 10.6 Å². The number of nitrogens with one attached hydrogen (secondary N) is 2. The van der Waals surface area contributed by atoms with E-state index in [-0.39, 0.29) is 6.04 Å². The largest absolute Gasteiger partial charge is 0.363 e. The number of nitrogens with zero attached hydrogens (tertiary/aromatic N) is 2. The van der Waals surface area contributed by atoms with E-state index in [1.807, 2.05) is 6.92 Å². The van der Waals surface area contributed by atoms with E-state index in [9.17, 15) is 0 Å². The number of hydrogen-bond donors (Lipinski definition) is 2. The summed E-state index contributed by atoms with van der Waals surface area (Å²) >= 11 is 0. The minimum absolute atomic E-state index is 0.181. The van der Waals surface area contributed by atoms with E-state index in [0.29, 0.717) is 5.92 Å². The van der Waals surface area contributed by atoms with E-state index < -0.39 is 0 Å². The van der Waals surface area contributed by atoms with Gasteiger partial charge in [-0.05, 0) is 82.3 Å². The molecular weight excluding hydrogens is 344 g/mol. The molecule has 3 aromatic rings. The molecule has 2 N–H and O–H groups in total. The molecule has 0 bridgehead atoms. The van der Waals surface area contributed by atoms with Crippen LogP contribution in [0.1, 0.15) is 59.8 Å². The highest BCUT2D eigenvalue weighted by Crippen LogP contribution is 2.33. The molecule has 4 heteroatoms. The molecule has 0 spiro atoms. The molecule has 1 aliphatic heterocycles. The van der Waals surface area contributed by atoms with Crippen LogP contribution in [0.4, 0.5) is 5.82 Å². The molecule has 0 saturated carbocycles. The van der Waals surface area contributed by atoms with Crippen LogP contribution in [0.25, 0.3) is 10.9 Å². The molecule has 2 aromatic carbocycles. The fourth-order valence-corrected chi connectivity index (χ4v) is 4.27. The Hall–Kier alpha value is -2.46. The van der Waals surface area contributed by atoms with Gasteiger partial charge >= 0.3 is 0 Å². The van der Waals surface area contributed by atoms with Crippen molar-refractivity contribution in [2.45, 2.75) is 52.5 Å². The van der Waals surface area contributed by atoms with E-state index in [2.05, 4.69) is 67.8 Å². The van der Waals surface area contributed by atoms with Gasteiger partial charge in [0.1, 0.15) is 11.6 Å². The minimum Gasteiger partial charge on any atom is -0.363 e. The third-order valence-electron chi connectivity index (χ3n) is 5.83. The number of hydrogen-bond acceptors (Lipinski definition) is 4. The average Bonchev–Trinajstić information content (AvgIpc) is 2.69. The highest BCUT2D eigenvalue weighted by Gasteiger charge is 2.19. The molecule has 4 rings (SSSR count). The van der Waals surface area contributed by atoms with Gasteiger partial charge in [0.25, 0.3) is 0 Å². The number of rotatable bonds is 4. The third-order valence-corrected chi connectivity index (χ3v) is 5.83. The Bertz CT molecular complexity index is 989. The number of aromatic nitrogens is 2. The van der Waals surface area contributed by atoms with E-state index in [4.69, 9.17) is 9.97 Å². The van der Waals surface area contributed by atoms with Crippen molar-refractivity contribution in [2.75, 3.05) is 18.4 Å². The normalized spacial score (nSPS) is 16.3. The summed E-state index contributed by atoms with van der Waals surface area (Å²) in [6.07, 6.45) is 2.39. The lowest BCUT2D eigenvalue weighted by atomic mass is 9.88. The zero-order chi connectivity index (χ0) is 19.7. The number of anilines is 1. The maximum Gasteiger partial charge on any atom is 0.138 e. The lowest BCUT2D eigenvalue weighted by molar-refractivity contribution is 0.460. The molecule has 1 aliphatic rings. The summed E-state index contributed by atoms with van der Waals surface area (Å²) in [6.45, 7) is 10.7. The quantitative estimate of drug-likeness (QED) is 0.659. The molecule has 1 saturated heterocycles. The van der Waals surface area contributed by atoms with Gasteiger partial charge in [-0.25, -0.2) is 9.97 Å². The summed E-state index contributed by atoms with van der Waals surface area (Å²) < 4.78 is 0. The van der Waals surface area contributed by atoms with Gasteiger partial charge in [0.05, 0.1) is 5.52 Å². The van der Waals surface area contributed by atoms with Crippen LogP contribution in [0.5, 0.6) is 0 Å². The van der Waals surface area contributed by atoms with Crippen molar-refractivity contribution in [1.29, 1.82) is 0 Å². The molecule has 0 radical (unpaired) electrons. The van der Waals surface area contributed by atoms with Crippen LogP contribution in [0.2, 0.25) is 0 Å². The van der Waals surface area contributed by atoms with Crippen LogP contribution in [-0.2, 0) is 0 Å². The van der Waals surface area contributed by atoms with E-state index >= 15 is 0 Å². The van der Waals surface area contributed by atoms with Gasteiger partial charge < -0.3 is 10.6 Å². The van der Waals surface area contributed by atoms with Gasteiger partial charge in [-0.1, -0.05) is 35.9 Å². The standard InChI is InChI=1S/C24H30N4/c1-15-6-5-7-20(12-15)17(3)26-24-22-14-21(19-8-10-25-11-9-19)13-16(2)23(22)27-18(4)28-24/h5-7,12-14,17,19,25H,8-11H2,1-4H3,(H,26,27,28)/t17-/m1/s1. The van der Waals surface area contributed by atoms with Crippen molar-refractivity contribution in [3.63, 3.8) is 0 Å². The number of aryl methyl sites for hydroxylation is 3. The summed E-state index contributed by atoms with van der Waals surface area (Å²) in [5.74, 6) is 2.37. The Morgan fingerprint density at radius 3 is 2.57 bits per heavy atom. The summed E-state index contributed by atoms with van der Waals surface area (Å²) in [7, 11) is 0. The predicted molar refractivity (Wildman–Crippen MR) is 117 cm³/mol. The molecule has 2 heterocycles. The SMILES string of the molecule is Cc1cccc([C@@H](C)Nc2nc(C)nc3c(C)cc(C4CCNCC4)cc23)c1. The monoisotopic (exact) mass is 374 g/mol. The molecule has 1 aromatic heterocycles. The fourth-order valence-electron chi connectivity index (χ4n) is 4.27. The first kappa shape index (κ1) is 18.9. The molecule has 1 atom stereocenters. The van der Waals surface area contributed by atoms with Crippen molar-refractivity contribution in [3.05, 3.63) is 64.5 Å². The molecule has 28 heavy (non-hydrogen) atoms. The second kappa shape index (κ2) is 7.88. The Kier molecular flexibility index (Phi) is 5.31. The summed E-state index contributed by atoms with van der Waals surface area (Å²) in [4.78, 5) is 9.53. The Balaban J connectivity index is 1.75. The smallest absolute Gasteiger partial charge is 0.138 e. The van der Waals surface area contributed by atoms with Crippen molar-refractivity contribution in [2.24, 2.45) is 0 Å². The van der Waals surface area contributed by atoms with Gasteiger partial charge in [0.2, 0.25) is 0 Å². The van der Waals surface area contributed by atoms with Gasteiger partial charge in [-0.3, -0.25) is 0 Å². The van der Waals surface area contributed by atoms with Crippen LogP contribution >= 0.6 is 0 Å².